The Hall–Kier alpha value is -3.22. The smallest absolute Gasteiger partial charge is 0.218 e. The first-order valence-electron chi connectivity index (χ1n) is 8.97. The summed E-state index contributed by atoms with van der Waals surface area (Å²) in [6.07, 6.45) is 0.843. The van der Waals surface area contributed by atoms with Gasteiger partial charge in [0.1, 0.15) is 5.69 Å². The van der Waals surface area contributed by atoms with E-state index in [0.717, 1.165) is 49.4 Å². The number of para-hydroxylation sites is 1. The maximum Gasteiger partial charge on any atom is 0.218 e. The van der Waals surface area contributed by atoms with E-state index < -0.39 is 0 Å². The number of nitrogens with one attached hydrogen (secondary N) is 1. The van der Waals surface area contributed by atoms with Crippen LogP contribution in [0.4, 0.5) is 0 Å². The van der Waals surface area contributed by atoms with Crippen molar-refractivity contribution in [3.05, 3.63) is 77.2 Å². The molecule has 5 nitrogen and oxygen atoms in total. The fourth-order valence-corrected chi connectivity index (χ4v) is 4.47. The highest BCUT2D eigenvalue weighted by atomic mass is 32.1. The number of carbonyl (C=O) groups is 1. The lowest BCUT2D eigenvalue weighted by molar-refractivity contribution is 0.109. The lowest BCUT2D eigenvalue weighted by Gasteiger charge is -2.02. The third-order valence-corrected chi connectivity index (χ3v) is 5.85. The van der Waals surface area contributed by atoms with Gasteiger partial charge in [-0.15, -0.1) is 11.3 Å². The van der Waals surface area contributed by atoms with Crippen molar-refractivity contribution in [1.29, 1.82) is 0 Å². The van der Waals surface area contributed by atoms with E-state index in [1.165, 1.54) is 0 Å². The predicted molar refractivity (Wildman–Crippen MR) is 112 cm³/mol. The quantitative estimate of drug-likeness (QED) is 0.417. The van der Waals surface area contributed by atoms with Crippen molar-refractivity contribution in [3.63, 3.8) is 0 Å². The topological polar surface area (TPSA) is 59.9 Å². The number of benzene rings is 2. The summed E-state index contributed by atoms with van der Waals surface area (Å²) < 4.78 is 8.54. The third kappa shape index (κ3) is 2.93. The predicted octanol–water partition coefficient (Wildman–Crippen LogP) is 5.00. The van der Waals surface area contributed by atoms with Gasteiger partial charge in [0.2, 0.25) is 6.41 Å². The summed E-state index contributed by atoms with van der Waals surface area (Å²) in [6, 6.07) is 22.0. The van der Waals surface area contributed by atoms with Crippen LogP contribution in [-0.4, -0.2) is 21.2 Å². The van der Waals surface area contributed by atoms with Crippen molar-refractivity contribution in [2.45, 2.75) is 13.2 Å². The monoisotopic (exact) mass is 387 g/mol. The summed E-state index contributed by atoms with van der Waals surface area (Å²) in [4.78, 5) is 12.8. The lowest BCUT2D eigenvalue weighted by atomic mass is 10.2. The molecule has 5 aromatic rings. The van der Waals surface area contributed by atoms with Gasteiger partial charge in [0.15, 0.2) is 0 Å². The second-order valence-corrected chi connectivity index (χ2v) is 7.71. The largest absolute Gasteiger partial charge is 0.371 e. The number of carbonyl (C=O) groups excluding carboxylic acids is 1. The van der Waals surface area contributed by atoms with Gasteiger partial charge in [-0.25, -0.2) is 0 Å². The van der Waals surface area contributed by atoms with Crippen molar-refractivity contribution in [2.75, 3.05) is 0 Å². The molecule has 0 bridgehead atoms. The van der Waals surface area contributed by atoms with Gasteiger partial charge >= 0.3 is 0 Å². The normalized spacial score (nSPS) is 11.4. The molecule has 138 valence electrons. The molecule has 0 aliphatic rings. The second kappa shape index (κ2) is 7.07. The van der Waals surface area contributed by atoms with Gasteiger partial charge in [-0.2, -0.15) is 5.10 Å². The minimum Gasteiger partial charge on any atom is -0.371 e. The number of thiophene rings is 1. The highest BCUT2D eigenvalue weighted by Gasteiger charge is 2.17. The van der Waals surface area contributed by atoms with Crippen molar-refractivity contribution in [1.82, 2.24) is 14.8 Å². The molecule has 0 atom stereocenters. The highest BCUT2D eigenvalue weighted by Crippen LogP contribution is 2.35. The number of fused-ring (bicyclic) bond motifs is 2. The molecule has 3 heterocycles. The van der Waals surface area contributed by atoms with Crippen LogP contribution in [0.3, 0.4) is 0 Å². The molecule has 0 spiro atoms. The molecule has 0 amide bonds. The average molecular weight is 387 g/mol. The molecule has 0 aliphatic carbocycles. The fraction of sp³-hybridized carbons (Fsp3) is 0.0909. The van der Waals surface area contributed by atoms with Crippen molar-refractivity contribution < 1.29 is 9.53 Å². The van der Waals surface area contributed by atoms with Crippen molar-refractivity contribution >= 4 is 38.9 Å². The summed E-state index contributed by atoms with van der Waals surface area (Å²) in [5.74, 6) is 0. The van der Waals surface area contributed by atoms with Crippen molar-refractivity contribution in [2.24, 2.45) is 0 Å². The van der Waals surface area contributed by atoms with Gasteiger partial charge in [-0.05, 0) is 23.8 Å². The zero-order chi connectivity index (χ0) is 18.9. The Morgan fingerprint density at radius 2 is 1.86 bits per heavy atom. The molecule has 0 aliphatic heterocycles. The molecule has 0 unspecified atom stereocenters. The maximum absolute atomic E-state index is 11.7. The van der Waals surface area contributed by atoms with E-state index in [0.29, 0.717) is 13.2 Å². The molecule has 2 aromatic carbocycles. The number of ether oxygens (including phenoxy) is 1. The molecule has 0 fully saturated rings. The number of aromatic nitrogens is 3. The van der Waals surface area contributed by atoms with Crippen LogP contribution in [-0.2, 0) is 22.7 Å². The lowest BCUT2D eigenvalue weighted by Crippen LogP contribution is -1.97. The Bertz CT molecular complexity index is 1270. The summed E-state index contributed by atoms with van der Waals surface area (Å²) in [5.41, 5.74) is 4.58. The molecular weight excluding hydrogens is 370 g/mol. The van der Waals surface area contributed by atoms with Gasteiger partial charge in [0.05, 0.1) is 34.6 Å². The number of hydrogen-bond acceptors (Lipinski definition) is 4. The Morgan fingerprint density at radius 3 is 2.71 bits per heavy atom. The van der Waals surface area contributed by atoms with E-state index in [9.17, 15) is 4.79 Å². The Labute approximate surface area is 165 Å². The third-order valence-electron chi connectivity index (χ3n) is 4.74. The first-order chi connectivity index (χ1) is 13.8. The molecule has 6 heteroatoms. The SMILES string of the molecule is O=Cn1c(-c2n[nH]c3cc(COCc4ccccc4)sc23)cc2ccccc21. The maximum atomic E-state index is 11.7. The first kappa shape index (κ1) is 16.9. The summed E-state index contributed by atoms with van der Waals surface area (Å²) in [6.45, 7) is 1.12. The van der Waals surface area contributed by atoms with Crippen molar-refractivity contribution in [3.8, 4) is 11.4 Å². The molecule has 28 heavy (non-hydrogen) atoms. The van der Waals surface area contributed by atoms with Crippen LogP contribution in [0.25, 0.3) is 32.5 Å². The van der Waals surface area contributed by atoms with Crippen LogP contribution in [0.2, 0.25) is 0 Å². The van der Waals surface area contributed by atoms with E-state index in [4.69, 9.17) is 4.74 Å². The van der Waals surface area contributed by atoms with E-state index in [1.807, 2.05) is 48.5 Å². The zero-order valence-corrected chi connectivity index (χ0v) is 15.8. The Balaban J connectivity index is 1.45. The number of H-pyrrole nitrogens is 1. The van der Waals surface area contributed by atoms with Crippen LogP contribution in [0.15, 0.2) is 66.7 Å². The van der Waals surface area contributed by atoms with Crippen LogP contribution in [0.5, 0.6) is 0 Å². The minimum atomic E-state index is 0.540. The zero-order valence-electron chi connectivity index (χ0n) is 15.0. The van der Waals surface area contributed by atoms with Gasteiger partial charge in [-0.1, -0.05) is 48.5 Å². The molecule has 1 N–H and O–H groups in total. The molecule has 3 aromatic heterocycles. The van der Waals surface area contributed by atoms with E-state index in [1.54, 1.807) is 15.9 Å². The number of aromatic amines is 1. The molecular formula is C22H17N3O2S. The number of hydrogen-bond donors (Lipinski definition) is 1. The summed E-state index contributed by atoms with van der Waals surface area (Å²) in [7, 11) is 0. The van der Waals surface area contributed by atoms with Gasteiger partial charge < -0.3 is 4.74 Å². The number of rotatable bonds is 6. The molecule has 5 rings (SSSR count). The molecule has 0 saturated carbocycles. The van der Waals surface area contributed by atoms with E-state index in [2.05, 4.69) is 28.4 Å². The van der Waals surface area contributed by atoms with Gasteiger partial charge in [-0.3, -0.25) is 14.5 Å². The average Bonchev–Trinajstić information content (AvgIpc) is 3.40. The van der Waals surface area contributed by atoms with Crippen LogP contribution in [0, 0.1) is 0 Å². The minimum absolute atomic E-state index is 0.540. The van der Waals surface area contributed by atoms with Gasteiger partial charge in [0.25, 0.3) is 0 Å². The second-order valence-electron chi connectivity index (χ2n) is 6.57. The molecule has 0 saturated heterocycles. The van der Waals surface area contributed by atoms with E-state index in [-0.39, 0.29) is 0 Å². The Kier molecular flexibility index (Phi) is 4.27. The Morgan fingerprint density at radius 1 is 1.04 bits per heavy atom. The summed E-state index contributed by atoms with van der Waals surface area (Å²) in [5, 5.41) is 8.57. The highest BCUT2D eigenvalue weighted by molar-refractivity contribution is 7.19. The standard InChI is InChI=1S/C22H17N3O2S/c26-14-25-19-9-5-4-8-16(19)10-20(25)21-22-18(23-24-21)11-17(28-22)13-27-12-15-6-2-1-3-7-15/h1-11,14H,12-13H2,(H,23,24). The molecule has 0 radical (unpaired) electrons. The summed E-state index contributed by atoms with van der Waals surface area (Å²) >= 11 is 1.64. The van der Waals surface area contributed by atoms with Gasteiger partial charge in [0, 0.05) is 10.3 Å². The number of nitrogens with zero attached hydrogens (tertiary/aromatic N) is 2. The van der Waals surface area contributed by atoms with Crippen LogP contribution >= 0.6 is 11.3 Å². The first-order valence-corrected chi connectivity index (χ1v) is 9.79. The van der Waals surface area contributed by atoms with Crippen LogP contribution < -0.4 is 0 Å². The fourth-order valence-electron chi connectivity index (χ4n) is 3.43. The van der Waals surface area contributed by atoms with Crippen LogP contribution in [0.1, 0.15) is 10.4 Å². The van der Waals surface area contributed by atoms with E-state index >= 15 is 0 Å².